The zero-order valence-electron chi connectivity index (χ0n) is 14.7. The van der Waals surface area contributed by atoms with Gasteiger partial charge in [-0.25, -0.2) is 0 Å². The van der Waals surface area contributed by atoms with E-state index in [4.69, 9.17) is 0 Å². The second kappa shape index (κ2) is 11.8. The van der Waals surface area contributed by atoms with Crippen LogP contribution >= 0.6 is 0 Å². The zero-order chi connectivity index (χ0) is 14.7. The predicted octanol–water partition coefficient (Wildman–Crippen LogP) is 7.08. The summed E-state index contributed by atoms with van der Waals surface area (Å²) in [6, 6.07) is 0. The molecule has 0 spiro atoms. The van der Waals surface area contributed by atoms with Crippen LogP contribution in [0.4, 0.5) is 0 Å². The fourth-order valence-electron chi connectivity index (χ4n) is 2.85. The molecule has 0 nitrogen and oxygen atoms in total. The van der Waals surface area contributed by atoms with Crippen molar-refractivity contribution in [1.82, 2.24) is 0 Å². The Hall–Kier alpha value is 0. The van der Waals surface area contributed by atoms with Gasteiger partial charge in [-0.2, -0.15) is 0 Å². The topological polar surface area (TPSA) is 0 Å². The Morgan fingerprint density at radius 1 is 0.421 bits per heavy atom. The van der Waals surface area contributed by atoms with Crippen molar-refractivity contribution in [2.75, 3.05) is 0 Å². The van der Waals surface area contributed by atoms with E-state index in [1.807, 2.05) is 0 Å². The SMILES string of the molecule is CC(C)CCC[C@@H](C)CCC[C@@H](C)CCCC(C)C. The van der Waals surface area contributed by atoms with Gasteiger partial charge in [0.1, 0.15) is 0 Å². The third-order valence-electron chi connectivity index (χ3n) is 4.35. The summed E-state index contributed by atoms with van der Waals surface area (Å²) < 4.78 is 0. The molecule has 0 saturated heterocycles. The summed E-state index contributed by atoms with van der Waals surface area (Å²) in [5.41, 5.74) is 0. The van der Waals surface area contributed by atoms with Crippen molar-refractivity contribution >= 4 is 0 Å². The monoisotopic (exact) mass is 268 g/mol. The molecule has 0 saturated carbocycles. The Kier molecular flexibility index (Phi) is 11.8. The van der Waals surface area contributed by atoms with Crippen molar-refractivity contribution in [3.05, 3.63) is 0 Å². The molecule has 19 heavy (non-hydrogen) atoms. The average molecular weight is 269 g/mol. The van der Waals surface area contributed by atoms with Crippen molar-refractivity contribution in [3.63, 3.8) is 0 Å². The summed E-state index contributed by atoms with van der Waals surface area (Å²) in [5, 5.41) is 0. The van der Waals surface area contributed by atoms with Crippen molar-refractivity contribution in [3.8, 4) is 0 Å². The molecule has 0 rings (SSSR count). The maximum Gasteiger partial charge on any atom is -0.0443 e. The van der Waals surface area contributed by atoms with Crippen molar-refractivity contribution < 1.29 is 0 Å². The number of hydrogen-bond donors (Lipinski definition) is 0. The van der Waals surface area contributed by atoms with Gasteiger partial charge in [0.2, 0.25) is 0 Å². The summed E-state index contributed by atoms with van der Waals surface area (Å²) in [6.07, 6.45) is 12.9. The van der Waals surface area contributed by atoms with Gasteiger partial charge in [0.05, 0.1) is 0 Å². The van der Waals surface area contributed by atoms with Crippen LogP contribution in [-0.2, 0) is 0 Å². The summed E-state index contributed by atoms with van der Waals surface area (Å²) in [4.78, 5) is 0. The second-order valence-electron chi connectivity index (χ2n) is 7.79. The van der Waals surface area contributed by atoms with Crippen LogP contribution in [0.3, 0.4) is 0 Å². The highest BCUT2D eigenvalue weighted by Gasteiger charge is 2.06. The molecule has 0 heteroatoms. The van der Waals surface area contributed by atoms with Gasteiger partial charge in [-0.1, -0.05) is 99.3 Å². The van der Waals surface area contributed by atoms with Crippen LogP contribution in [0.2, 0.25) is 0 Å². The van der Waals surface area contributed by atoms with Gasteiger partial charge in [0.15, 0.2) is 0 Å². The van der Waals surface area contributed by atoms with Crippen LogP contribution in [0.25, 0.3) is 0 Å². The highest BCUT2D eigenvalue weighted by Crippen LogP contribution is 2.21. The minimum Gasteiger partial charge on any atom is -0.0628 e. The van der Waals surface area contributed by atoms with Crippen LogP contribution in [0, 0.1) is 23.7 Å². The molecule has 0 amide bonds. The highest BCUT2D eigenvalue weighted by atomic mass is 14.1. The van der Waals surface area contributed by atoms with Gasteiger partial charge in [0.25, 0.3) is 0 Å². The molecule has 0 fully saturated rings. The van der Waals surface area contributed by atoms with Crippen LogP contribution in [0.15, 0.2) is 0 Å². The van der Waals surface area contributed by atoms with E-state index in [0.29, 0.717) is 0 Å². The molecule has 2 atom stereocenters. The molecule has 0 aliphatic carbocycles. The summed E-state index contributed by atoms with van der Waals surface area (Å²) in [5.74, 6) is 3.66. The Morgan fingerprint density at radius 2 is 0.684 bits per heavy atom. The number of hydrogen-bond acceptors (Lipinski definition) is 0. The fraction of sp³-hybridized carbons (Fsp3) is 1.00. The molecule has 0 heterocycles. The standard InChI is InChI=1S/C19H40/c1-16(2)10-7-12-18(5)14-9-15-19(6)13-8-11-17(3)4/h16-19H,7-15H2,1-6H3/t18-,19+. The number of rotatable bonds is 12. The molecule has 0 aromatic heterocycles. The maximum absolute atomic E-state index is 2.45. The third-order valence-corrected chi connectivity index (χ3v) is 4.35. The summed E-state index contributed by atoms with van der Waals surface area (Å²) in [7, 11) is 0. The molecule has 0 aromatic carbocycles. The molecule has 0 aliphatic heterocycles. The molecule has 0 radical (unpaired) electrons. The molecule has 116 valence electrons. The minimum absolute atomic E-state index is 0.883. The normalized spacial score (nSPS) is 15.2. The molecule has 0 N–H and O–H groups in total. The van der Waals surface area contributed by atoms with Crippen molar-refractivity contribution in [1.29, 1.82) is 0 Å². The largest absolute Gasteiger partial charge is 0.0628 e. The first-order chi connectivity index (χ1) is 8.91. The Balaban J connectivity index is 3.40. The highest BCUT2D eigenvalue weighted by molar-refractivity contribution is 4.60. The van der Waals surface area contributed by atoms with Crippen LogP contribution < -0.4 is 0 Å². The lowest BCUT2D eigenvalue weighted by Crippen LogP contribution is -2.00. The van der Waals surface area contributed by atoms with E-state index >= 15 is 0 Å². The second-order valence-corrected chi connectivity index (χ2v) is 7.79. The van der Waals surface area contributed by atoms with Gasteiger partial charge >= 0.3 is 0 Å². The van der Waals surface area contributed by atoms with Crippen molar-refractivity contribution in [2.45, 2.75) is 99.3 Å². The van der Waals surface area contributed by atoms with Gasteiger partial charge < -0.3 is 0 Å². The van der Waals surface area contributed by atoms with E-state index in [9.17, 15) is 0 Å². The summed E-state index contributed by atoms with van der Waals surface area (Å²) in [6.45, 7) is 14.2. The molecular formula is C19H40. The molecule has 0 bridgehead atoms. The lowest BCUT2D eigenvalue weighted by atomic mass is 9.91. The fourth-order valence-corrected chi connectivity index (χ4v) is 2.85. The first kappa shape index (κ1) is 19.0. The van der Waals surface area contributed by atoms with Crippen LogP contribution in [0.1, 0.15) is 99.3 Å². The third kappa shape index (κ3) is 14.2. The van der Waals surface area contributed by atoms with Gasteiger partial charge in [0, 0.05) is 0 Å². The van der Waals surface area contributed by atoms with Crippen molar-refractivity contribution in [2.24, 2.45) is 23.7 Å². The summed E-state index contributed by atoms with van der Waals surface area (Å²) >= 11 is 0. The average Bonchev–Trinajstić information content (AvgIpc) is 2.27. The maximum atomic E-state index is 2.45. The van der Waals surface area contributed by atoms with E-state index in [-0.39, 0.29) is 0 Å². The molecular weight excluding hydrogens is 228 g/mol. The first-order valence-corrected chi connectivity index (χ1v) is 8.91. The minimum atomic E-state index is 0.883. The van der Waals surface area contributed by atoms with E-state index in [2.05, 4.69) is 41.5 Å². The first-order valence-electron chi connectivity index (χ1n) is 8.91. The van der Waals surface area contributed by atoms with Crippen LogP contribution in [-0.4, -0.2) is 0 Å². The zero-order valence-corrected chi connectivity index (χ0v) is 14.7. The van der Waals surface area contributed by atoms with Crippen LogP contribution in [0.5, 0.6) is 0 Å². The van der Waals surface area contributed by atoms with Gasteiger partial charge in [-0.05, 0) is 23.7 Å². The lowest BCUT2D eigenvalue weighted by Gasteiger charge is -2.15. The molecule has 0 aliphatic rings. The van der Waals surface area contributed by atoms with E-state index < -0.39 is 0 Å². The van der Waals surface area contributed by atoms with E-state index in [1.165, 1.54) is 57.8 Å². The van der Waals surface area contributed by atoms with E-state index in [1.54, 1.807) is 0 Å². The Labute approximate surface area is 123 Å². The van der Waals surface area contributed by atoms with Gasteiger partial charge in [-0.3, -0.25) is 0 Å². The quantitative estimate of drug-likeness (QED) is 0.354. The smallest absolute Gasteiger partial charge is 0.0443 e. The molecule has 0 unspecified atom stereocenters. The molecule has 0 aromatic rings. The lowest BCUT2D eigenvalue weighted by molar-refractivity contribution is 0.381. The van der Waals surface area contributed by atoms with Gasteiger partial charge in [-0.15, -0.1) is 0 Å². The Bertz CT molecular complexity index is 160. The Morgan fingerprint density at radius 3 is 0.947 bits per heavy atom. The predicted molar refractivity (Wildman–Crippen MR) is 89.6 cm³/mol. The van der Waals surface area contributed by atoms with E-state index in [0.717, 1.165) is 23.7 Å².